The molecule has 0 aromatic heterocycles. The van der Waals surface area contributed by atoms with Gasteiger partial charge >= 0.3 is 5.97 Å². The zero-order valence-electron chi connectivity index (χ0n) is 29.9. The smallest absolute Gasteiger partial charge is 0.303 e. The van der Waals surface area contributed by atoms with E-state index in [1.54, 1.807) is 32.7 Å². The summed E-state index contributed by atoms with van der Waals surface area (Å²) >= 11 is 1.60. The summed E-state index contributed by atoms with van der Waals surface area (Å²) < 4.78 is 37.9. The van der Waals surface area contributed by atoms with Gasteiger partial charge in [0, 0.05) is 50.5 Å². The molecule has 12 heteroatoms. The van der Waals surface area contributed by atoms with Gasteiger partial charge in [-0.05, 0) is 54.6 Å². The van der Waals surface area contributed by atoms with Gasteiger partial charge in [0.05, 0.1) is 34.7 Å². The molecule has 0 aliphatic carbocycles. The van der Waals surface area contributed by atoms with Gasteiger partial charge in [0.2, 0.25) is 0 Å². The maximum Gasteiger partial charge on any atom is 0.303 e. The van der Waals surface area contributed by atoms with Crippen molar-refractivity contribution < 1.29 is 42.8 Å². The lowest BCUT2D eigenvalue weighted by Gasteiger charge is -2.45. The highest BCUT2D eigenvalue weighted by atomic mass is 32.2. The van der Waals surface area contributed by atoms with Crippen LogP contribution in [0.25, 0.3) is 0 Å². The summed E-state index contributed by atoms with van der Waals surface area (Å²) in [7, 11) is 5.43. The summed E-state index contributed by atoms with van der Waals surface area (Å²) in [6, 6.07) is -0.177. The van der Waals surface area contributed by atoms with Crippen LogP contribution in [0.1, 0.15) is 81.6 Å². The van der Waals surface area contributed by atoms with Crippen LogP contribution in [0.2, 0.25) is 0 Å². The Morgan fingerprint density at radius 3 is 2.33 bits per heavy atom. The second-order valence-corrected chi connectivity index (χ2v) is 15.2. The first-order valence-corrected chi connectivity index (χ1v) is 17.7. The van der Waals surface area contributed by atoms with Gasteiger partial charge in [0.1, 0.15) is 11.9 Å². The summed E-state index contributed by atoms with van der Waals surface area (Å²) in [6.07, 6.45) is -1.61. The lowest BCUT2D eigenvalue weighted by molar-refractivity contribution is -0.281. The normalized spacial score (nSPS) is 42.5. The summed E-state index contributed by atoms with van der Waals surface area (Å²) in [5, 5.41) is -0.299. The van der Waals surface area contributed by atoms with E-state index < -0.39 is 53.4 Å². The number of Topliss-reactive ketones (excluding diaryl/α,β-unsaturated/α-hetero) is 2. The molecule has 46 heavy (non-hydrogen) atoms. The quantitative estimate of drug-likeness (QED) is 0.354. The van der Waals surface area contributed by atoms with Gasteiger partial charge in [-0.3, -0.25) is 14.4 Å². The highest BCUT2D eigenvalue weighted by Crippen LogP contribution is 2.47. The molecule has 2 fully saturated rings. The molecule has 1 unspecified atom stereocenters. The molecule has 0 saturated carbocycles. The van der Waals surface area contributed by atoms with Crippen molar-refractivity contribution in [3.8, 4) is 0 Å². The fourth-order valence-corrected chi connectivity index (χ4v) is 8.54. The van der Waals surface area contributed by atoms with Crippen LogP contribution in [0, 0.1) is 17.8 Å². The predicted octanol–water partition coefficient (Wildman–Crippen LogP) is 4.10. The molecule has 12 atom stereocenters. The van der Waals surface area contributed by atoms with Crippen LogP contribution in [0.15, 0.2) is 11.5 Å². The van der Waals surface area contributed by atoms with Crippen molar-refractivity contribution in [3.63, 3.8) is 0 Å². The minimum absolute atomic E-state index is 0.0117. The third-order valence-electron chi connectivity index (χ3n) is 10.4. The highest BCUT2D eigenvalue weighted by Gasteiger charge is 2.56. The van der Waals surface area contributed by atoms with Crippen molar-refractivity contribution in [2.75, 3.05) is 33.5 Å². The highest BCUT2D eigenvalue weighted by molar-refractivity contribution is 8.00. The number of rotatable bonds is 9. The van der Waals surface area contributed by atoms with E-state index >= 15 is 0 Å². The zero-order valence-corrected chi connectivity index (χ0v) is 30.7. The number of thioether (sulfide) groups is 1. The Kier molecular flexibility index (Phi) is 13.2. The van der Waals surface area contributed by atoms with E-state index in [4.69, 9.17) is 34.2 Å². The van der Waals surface area contributed by atoms with Gasteiger partial charge in [-0.2, -0.15) is 11.8 Å². The van der Waals surface area contributed by atoms with Gasteiger partial charge in [-0.15, -0.1) is 0 Å². The van der Waals surface area contributed by atoms with E-state index in [1.165, 1.54) is 6.92 Å². The summed E-state index contributed by atoms with van der Waals surface area (Å²) in [5.41, 5.74) is 4.37. The average molecular weight is 671 g/mol. The van der Waals surface area contributed by atoms with Gasteiger partial charge in [-0.25, -0.2) is 0 Å². The van der Waals surface area contributed by atoms with Crippen LogP contribution in [-0.4, -0.2) is 109 Å². The molecular formula is C34H58N2O9S. The Bertz CT molecular complexity index is 1130. The van der Waals surface area contributed by atoms with Crippen molar-refractivity contribution in [2.24, 2.45) is 23.5 Å². The van der Waals surface area contributed by atoms with Crippen molar-refractivity contribution in [3.05, 3.63) is 11.5 Å². The first-order chi connectivity index (χ1) is 21.4. The van der Waals surface area contributed by atoms with Crippen molar-refractivity contribution in [1.29, 1.82) is 0 Å². The van der Waals surface area contributed by atoms with Gasteiger partial charge < -0.3 is 39.1 Å². The number of ketones is 2. The number of carbonyl (C=O) groups is 3. The number of ether oxygens (including phenoxy) is 6. The predicted molar refractivity (Wildman–Crippen MR) is 177 cm³/mol. The lowest BCUT2D eigenvalue weighted by Crippen LogP contribution is -2.57. The Hall–Kier alpha value is -1.70. The number of fused-ring (bicyclic) bond motifs is 2. The molecule has 2 saturated heterocycles. The minimum atomic E-state index is -1.01. The Morgan fingerprint density at radius 1 is 1.13 bits per heavy atom. The van der Waals surface area contributed by atoms with Crippen molar-refractivity contribution >= 4 is 29.3 Å². The summed E-state index contributed by atoms with van der Waals surface area (Å²) in [6.45, 7) is 16.9. The molecule has 11 nitrogen and oxygen atoms in total. The van der Waals surface area contributed by atoms with Crippen molar-refractivity contribution in [1.82, 2.24) is 4.90 Å². The molecule has 0 aromatic carbocycles. The van der Waals surface area contributed by atoms with Gasteiger partial charge in [0.15, 0.2) is 23.8 Å². The van der Waals surface area contributed by atoms with E-state index in [0.717, 1.165) is 0 Å². The molecule has 2 N–H and O–H groups in total. The van der Waals surface area contributed by atoms with Gasteiger partial charge in [0.25, 0.3) is 5.95 Å². The number of hydrogen-bond donors (Lipinski definition) is 1. The first kappa shape index (κ1) is 38.7. The molecular weight excluding hydrogens is 612 g/mol. The minimum Gasteiger partial charge on any atom is -0.458 e. The molecule has 0 radical (unpaired) electrons. The molecule has 2 bridgehead atoms. The molecule has 0 aromatic rings. The number of carbonyl (C=O) groups excluding carboxylic acids is 3. The van der Waals surface area contributed by atoms with Crippen LogP contribution in [-0.2, 0) is 42.8 Å². The fourth-order valence-electron chi connectivity index (χ4n) is 7.20. The number of methoxy groups -OCH3 is 1. The SMILES string of the molecule is CC[C@H]1O/C2=C(\C)C(=O)[C@H](C)[C@@H](OC3O[C@H](C)C[C@H](N(C)C)[C@H]3OC(C)=O)C[C@@](C)(OC)[C@@H](C)C(=O)[C@H](C)[C@@H](SCCN)[C@@]1(C)O2. The first-order valence-electron chi connectivity index (χ1n) is 16.6. The standard InChI is InChI=1S/C34H58N2O9S/c1-13-26-34(9)30(46-15-14-35)20(4)28(39)22(6)33(8,40-12)17-25(19(3)27(38)21(5)31(44-26)45-34)43-32-29(42-23(7)37)24(36(10)11)16-18(2)41-32/h18-20,22,24-26,29-30,32H,13-17,35H2,1-12H3/b31-21-/t18-,19-,20+,22+,24+,25+,26-,29-,30-,32?,33-,34+/m1/s1. The topological polar surface area (TPSA) is 136 Å². The second kappa shape index (κ2) is 15.7. The number of nitrogens with two attached hydrogens (primary N) is 1. The van der Waals surface area contributed by atoms with Crippen LogP contribution in [0.3, 0.4) is 0 Å². The largest absolute Gasteiger partial charge is 0.458 e. The van der Waals surface area contributed by atoms with E-state index in [0.29, 0.717) is 30.7 Å². The molecule has 3 aliphatic heterocycles. The number of esters is 1. The Balaban J connectivity index is 2.16. The van der Waals surface area contributed by atoms with Crippen LogP contribution < -0.4 is 5.73 Å². The Morgan fingerprint density at radius 2 is 1.78 bits per heavy atom. The molecule has 3 aliphatic rings. The van der Waals surface area contributed by atoms with Crippen molar-refractivity contribution in [2.45, 2.75) is 135 Å². The van der Waals surface area contributed by atoms with Gasteiger partial charge in [-0.1, -0.05) is 27.7 Å². The third-order valence-corrected chi connectivity index (χ3v) is 12.1. The number of hydrogen-bond acceptors (Lipinski definition) is 12. The van der Waals surface area contributed by atoms with E-state index in [9.17, 15) is 14.4 Å². The second-order valence-electron chi connectivity index (χ2n) is 13.9. The molecule has 3 rings (SSSR count). The van der Waals surface area contributed by atoms with Crippen LogP contribution >= 0.6 is 11.8 Å². The average Bonchev–Trinajstić information content (AvgIpc) is 3.35. The molecule has 0 amide bonds. The number of nitrogens with zero attached hydrogens (tertiary/aromatic N) is 1. The van der Waals surface area contributed by atoms with E-state index in [1.807, 2.05) is 60.5 Å². The van der Waals surface area contributed by atoms with Crippen LogP contribution in [0.5, 0.6) is 0 Å². The number of likely N-dealkylation sites (N-methyl/N-ethyl adjacent to an activating group) is 1. The van der Waals surface area contributed by atoms with Crippen LogP contribution in [0.4, 0.5) is 0 Å². The maximum atomic E-state index is 14.4. The fraction of sp³-hybridized carbons (Fsp3) is 0.853. The molecule has 3 heterocycles. The third kappa shape index (κ3) is 7.94. The Labute approximate surface area is 279 Å². The van der Waals surface area contributed by atoms with E-state index in [-0.39, 0.29) is 47.4 Å². The maximum absolute atomic E-state index is 14.4. The zero-order chi connectivity index (χ0) is 34.7. The van der Waals surface area contributed by atoms with E-state index in [2.05, 4.69) is 0 Å². The molecule has 0 spiro atoms. The summed E-state index contributed by atoms with van der Waals surface area (Å²) in [4.78, 5) is 42.9. The number of allylic oxidation sites excluding steroid dienone is 1. The summed E-state index contributed by atoms with van der Waals surface area (Å²) in [5.74, 6) is -1.60. The lowest BCUT2D eigenvalue weighted by atomic mass is 9.74. The monoisotopic (exact) mass is 670 g/mol. The molecule has 264 valence electrons.